The number of fused-ring (bicyclic) bond motifs is 1. The summed E-state index contributed by atoms with van der Waals surface area (Å²) in [5.41, 5.74) is 2.63. The maximum Gasteiger partial charge on any atom is 0.162 e. The van der Waals surface area contributed by atoms with E-state index in [-0.39, 0.29) is 12.4 Å². The Morgan fingerprint density at radius 3 is 2.16 bits per heavy atom. The smallest absolute Gasteiger partial charge is 0.162 e. The molecule has 166 valence electrons. The Labute approximate surface area is 192 Å². The van der Waals surface area contributed by atoms with Gasteiger partial charge in [0, 0.05) is 23.2 Å². The van der Waals surface area contributed by atoms with Gasteiger partial charge in [-0.3, -0.25) is 0 Å². The van der Waals surface area contributed by atoms with E-state index < -0.39 is 0 Å². The Balaban J connectivity index is 0.00000289. The van der Waals surface area contributed by atoms with Crippen LogP contribution in [0.2, 0.25) is 0 Å². The minimum atomic E-state index is 0. The second-order valence-corrected chi connectivity index (χ2v) is 6.71. The lowest BCUT2D eigenvalue weighted by atomic mass is 10.2. The van der Waals surface area contributed by atoms with Crippen molar-refractivity contribution < 1.29 is 18.9 Å². The van der Waals surface area contributed by atoms with E-state index in [1.807, 2.05) is 60.7 Å². The lowest BCUT2D eigenvalue weighted by Gasteiger charge is -2.14. The Morgan fingerprint density at radius 1 is 0.750 bits per heavy atom. The highest BCUT2D eigenvalue weighted by Gasteiger charge is 2.12. The Bertz CT molecular complexity index is 1190. The molecule has 7 nitrogen and oxygen atoms in total. The third-order valence-corrected chi connectivity index (χ3v) is 4.80. The van der Waals surface area contributed by atoms with Crippen LogP contribution in [0.15, 0.2) is 67.0 Å². The molecule has 0 bridgehead atoms. The lowest BCUT2D eigenvalue weighted by Crippen LogP contribution is -2.00. The van der Waals surface area contributed by atoms with E-state index in [1.54, 1.807) is 21.3 Å². The summed E-state index contributed by atoms with van der Waals surface area (Å²) in [6.07, 6.45) is 1.51. The fourth-order valence-corrected chi connectivity index (χ4v) is 3.22. The van der Waals surface area contributed by atoms with Gasteiger partial charge in [0.25, 0.3) is 0 Å². The molecule has 0 spiro atoms. The minimum absolute atomic E-state index is 0. The van der Waals surface area contributed by atoms with Gasteiger partial charge in [-0.15, -0.1) is 12.4 Å². The highest BCUT2D eigenvalue weighted by atomic mass is 35.5. The number of nitrogens with one attached hydrogen (secondary N) is 1. The molecular weight excluding hydrogens is 430 g/mol. The number of hydrogen-bond donors (Lipinski definition) is 1. The van der Waals surface area contributed by atoms with Crippen molar-refractivity contribution in [3.05, 3.63) is 72.6 Å². The molecule has 1 N–H and O–H groups in total. The largest absolute Gasteiger partial charge is 0.493 e. The second-order valence-electron chi connectivity index (χ2n) is 6.71. The summed E-state index contributed by atoms with van der Waals surface area (Å²) >= 11 is 0. The fraction of sp³-hybridized carbons (Fsp3) is 0.167. The van der Waals surface area contributed by atoms with E-state index in [0.717, 1.165) is 22.2 Å². The van der Waals surface area contributed by atoms with E-state index in [2.05, 4.69) is 15.3 Å². The summed E-state index contributed by atoms with van der Waals surface area (Å²) in [5.74, 6) is 3.15. The van der Waals surface area contributed by atoms with E-state index in [0.29, 0.717) is 35.4 Å². The van der Waals surface area contributed by atoms with Crippen LogP contribution in [0.25, 0.3) is 10.9 Å². The molecule has 0 unspecified atom stereocenters. The molecule has 0 radical (unpaired) electrons. The van der Waals surface area contributed by atoms with Gasteiger partial charge >= 0.3 is 0 Å². The summed E-state index contributed by atoms with van der Waals surface area (Å²) in [7, 11) is 4.81. The van der Waals surface area contributed by atoms with Crippen LogP contribution in [0.4, 0.5) is 11.5 Å². The molecule has 0 aliphatic heterocycles. The standard InChI is InChI=1S/C24H23N3O4.ClH/c1-28-21-11-17(9-10-20(21)31-14-16-7-5-4-6-8-16)27-24-18-12-22(29-2)23(30-3)13-19(18)25-15-26-24;/h4-13,15H,14H2,1-3H3,(H,25,26,27);1H. The van der Waals surface area contributed by atoms with E-state index in [4.69, 9.17) is 18.9 Å². The molecule has 1 aromatic heterocycles. The van der Waals surface area contributed by atoms with Crippen LogP contribution in [-0.4, -0.2) is 31.3 Å². The first-order chi connectivity index (χ1) is 15.2. The van der Waals surface area contributed by atoms with Crippen molar-refractivity contribution in [1.29, 1.82) is 0 Å². The summed E-state index contributed by atoms with van der Waals surface area (Å²) in [6.45, 7) is 0.460. The number of methoxy groups -OCH3 is 3. The van der Waals surface area contributed by atoms with Gasteiger partial charge in [0.05, 0.1) is 26.8 Å². The quantitative estimate of drug-likeness (QED) is 0.382. The number of nitrogens with zero attached hydrogens (tertiary/aromatic N) is 2. The summed E-state index contributed by atoms with van der Waals surface area (Å²) in [5, 5.41) is 4.14. The molecule has 3 aromatic carbocycles. The molecule has 4 rings (SSSR count). The molecular formula is C24H24ClN3O4. The van der Waals surface area contributed by atoms with E-state index in [9.17, 15) is 0 Å². The monoisotopic (exact) mass is 453 g/mol. The summed E-state index contributed by atoms with van der Waals surface area (Å²) in [6, 6.07) is 19.3. The zero-order valence-electron chi connectivity index (χ0n) is 18.0. The first kappa shape index (κ1) is 23.0. The van der Waals surface area contributed by atoms with Crippen LogP contribution in [-0.2, 0) is 6.61 Å². The first-order valence-corrected chi connectivity index (χ1v) is 9.70. The first-order valence-electron chi connectivity index (χ1n) is 9.70. The zero-order chi connectivity index (χ0) is 21.6. The van der Waals surface area contributed by atoms with Gasteiger partial charge in [-0.25, -0.2) is 9.97 Å². The van der Waals surface area contributed by atoms with Crippen molar-refractivity contribution in [3.8, 4) is 23.0 Å². The van der Waals surface area contributed by atoms with Crippen LogP contribution in [0.3, 0.4) is 0 Å². The molecule has 0 amide bonds. The number of halogens is 1. The molecule has 0 saturated carbocycles. The maximum absolute atomic E-state index is 5.94. The number of rotatable bonds is 8. The number of aromatic nitrogens is 2. The normalized spacial score (nSPS) is 10.2. The number of anilines is 2. The molecule has 4 aromatic rings. The third-order valence-electron chi connectivity index (χ3n) is 4.80. The Kier molecular flexibility index (Phi) is 7.57. The number of hydrogen-bond acceptors (Lipinski definition) is 7. The van der Waals surface area contributed by atoms with Gasteiger partial charge in [0.2, 0.25) is 0 Å². The molecule has 0 aliphatic rings. The van der Waals surface area contributed by atoms with Gasteiger partial charge in [0.15, 0.2) is 23.0 Å². The fourth-order valence-electron chi connectivity index (χ4n) is 3.22. The third kappa shape index (κ3) is 4.95. The van der Waals surface area contributed by atoms with Crippen LogP contribution in [0.1, 0.15) is 5.56 Å². The van der Waals surface area contributed by atoms with Crippen LogP contribution < -0.4 is 24.3 Å². The van der Waals surface area contributed by atoms with Gasteiger partial charge in [-0.05, 0) is 23.8 Å². The molecule has 8 heteroatoms. The SMILES string of the molecule is COc1cc2ncnc(Nc3ccc(OCc4ccccc4)c(OC)c3)c2cc1OC.Cl. The Morgan fingerprint density at radius 2 is 1.44 bits per heavy atom. The molecule has 32 heavy (non-hydrogen) atoms. The minimum Gasteiger partial charge on any atom is -0.493 e. The lowest BCUT2D eigenvalue weighted by molar-refractivity contribution is 0.284. The highest BCUT2D eigenvalue weighted by molar-refractivity contribution is 5.93. The van der Waals surface area contributed by atoms with Crippen molar-refractivity contribution >= 4 is 34.8 Å². The summed E-state index contributed by atoms with van der Waals surface area (Å²) in [4.78, 5) is 8.73. The van der Waals surface area contributed by atoms with E-state index in [1.165, 1.54) is 6.33 Å². The van der Waals surface area contributed by atoms with E-state index >= 15 is 0 Å². The molecule has 0 fully saturated rings. The average molecular weight is 454 g/mol. The second kappa shape index (κ2) is 10.5. The zero-order valence-corrected chi connectivity index (χ0v) is 18.8. The molecule has 0 atom stereocenters. The molecule has 0 aliphatic carbocycles. The summed E-state index contributed by atoms with van der Waals surface area (Å²) < 4.78 is 22.3. The molecule has 0 saturated heterocycles. The van der Waals surface area contributed by atoms with Crippen LogP contribution >= 0.6 is 12.4 Å². The highest BCUT2D eigenvalue weighted by Crippen LogP contribution is 2.36. The van der Waals surface area contributed by atoms with Gasteiger partial charge in [-0.2, -0.15) is 0 Å². The van der Waals surface area contributed by atoms with Gasteiger partial charge in [0.1, 0.15) is 18.8 Å². The van der Waals surface area contributed by atoms with Gasteiger partial charge < -0.3 is 24.3 Å². The van der Waals surface area contributed by atoms with Crippen molar-refractivity contribution in [2.45, 2.75) is 6.61 Å². The number of ether oxygens (including phenoxy) is 4. The van der Waals surface area contributed by atoms with Crippen LogP contribution in [0, 0.1) is 0 Å². The average Bonchev–Trinajstić information content (AvgIpc) is 2.83. The predicted molar refractivity (Wildman–Crippen MR) is 127 cm³/mol. The van der Waals surface area contributed by atoms with Crippen molar-refractivity contribution in [3.63, 3.8) is 0 Å². The Hall–Kier alpha value is -3.71. The van der Waals surface area contributed by atoms with Crippen molar-refractivity contribution in [1.82, 2.24) is 9.97 Å². The van der Waals surface area contributed by atoms with Crippen molar-refractivity contribution in [2.75, 3.05) is 26.6 Å². The van der Waals surface area contributed by atoms with Gasteiger partial charge in [-0.1, -0.05) is 30.3 Å². The number of benzene rings is 3. The topological polar surface area (TPSA) is 74.7 Å². The molecule has 1 heterocycles. The maximum atomic E-state index is 5.94. The predicted octanol–water partition coefficient (Wildman–Crippen LogP) is 5.40. The van der Waals surface area contributed by atoms with Crippen LogP contribution in [0.5, 0.6) is 23.0 Å². The van der Waals surface area contributed by atoms with Crippen molar-refractivity contribution in [2.24, 2.45) is 0 Å².